The van der Waals surface area contributed by atoms with Gasteiger partial charge in [0.1, 0.15) is 0 Å². The van der Waals surface area contributed by atoms with Gasteiger partial charge in [0.2, 0.25) is 0 Å². The van der Waals surface area contributed by atoms with Crippen LogP contribution in [0.15, 0.2) is 64.8 Å². The van der Waals surface area contributed by atoms with Gasteiger partial charge >= 0.3 is 0 Å². The van der Waals surface area contributed by atoms with E-state index in [1.54, 1.807) is 24.3 Å². The number of allylic oxidation sites excluding steroid dienone is 2. The third kappa shape index (κ3) is 3.95. The lowest BCUT2D eigenvalue weighted by atomic mass is 10.1. The van der Waals surface area contributed by atoms with Crippen molar-refractivity contribution < 1.29 is 4.79 Å². The first kappa shape index (κ1) is 14.8. The van der Waals surface area contributed by atoms with Gasteiger partial charge in [0.25, 0.3) is 0 Å². The second kappa shape index (κ2) is 6.73. The maximum Gasteiger partial charge on any atom is 0.187 e. The minimum Gasteiger partial charge on any atom is -0.359 e. The number of benzene rings is 2. The molecule has 0 aromatic heterocycles. The zero-order valence-corrected chi connectivity index (χ0v) is 13.2. The van der Waals surface area contributed by atoms with Crippen molar-refractivity contribution in [3.05, 3.63) is 75.4 Å². The number of hydrogen-bond acceptors (Lipinski definition) is 2. The van der Waals surface area contributed by atoms with Crippen molar-refractivity contribution in [3.63, 3.8) is 0 Å². The number of nitrogens with one attached hydrogen (secondary N) is 1. The number of anilines is 1. The molecule has 4 heteroatoms. The Balaban J connectivity index is 2.11. The lowest BCUT2D eigenvalue weighted by Gasteiger charge is -2.07. The molecule has 0 spiro atoms. The first-order chi connectivity index (χ1) is 9.56. The predicted molar refractivity (Wildman–Crippen MR) is 87.3 cm³/mol. The number of carbonyl (C=O) groups excluding carboxylic acids is 1. The average molecular weight is 351 g/mol. The van der Waals surface area contributed by atoms with E-state index in [2.05, 4.69) is 21.2 Å². The molecule has 2 nitrogen and oxygen atoms in total. The van der Waals surface area contributed by atoms with E-state index in [4.69, 9.17) is 11.6 Å². The monoisotopic (exact) mass is 349 g/mol. The highest BCUT2D eigenvalue weighted by Crippen LogP contribution is 2.26. The van der Waals surface area contributed by atoms with Crippen molar-refractivity contribution in [1.82, 2.24) is 0 Å². The summed E-state index contributed by atoms with van der Waals surface area (Å²) >= 11 is 9.36. The summed E-state index contributed by atoms with van der Waals surface area (Å²) in [5, 5.41) is 3.77. The van der Waals surface area contributed by atoms with Crippen LogP contribution in [0.4, 0.5) is 5.69 Å². The molecule has 1 N–H and O–H groups in total. The molecule has 0 aliphatic heterocycles. The summed E-state index contributed by atoms with van der Waals surface area (Å²) in [6.07, 6.45) is 1.57. The quantitative estimate of drug-likeness (QED) is 0.599. The Morgan fingerprint density at radius 2 is 1.90 bits per heavy atom. The highest BCUT2D eigenvalue weighted by Gasteiger charge is 2.03. The second-order valence-corrected chi connectivity index (χ2v) is 5.57. The molecular weight excluding hydrogens is 338 g/mol. The zero-order chi connectivity index (χ0) is 14.5. The number of rotatable bonds is 4. The number of halogens is 2. The molecule has 102 valence electrons. The Bertz CT molecular complexity index is 653. The van der Waals surface area contributed by atoms with Gasteiger partial charge in [-0.1, -0.05) is 41.9 Å². The summed E-state index contributed by atoms with van der Waals surface area (Å²) in [7, 11) is 0. The summed E-state index contributed by atoms with van der Waals surface area (Å²) in [4.78, 5) is 12.0. The SMILES string of the molecule is CC(=CC(=O)c1ccccc1)Nc1ccc(Br)c(Cl)c1. The molecule has 0 aliphatic rings. The van der Waals surface area contributed by atoms with Crippen LogP contribution in [0.5, 0.6) is 0 Å². The van der Waals surface area contributed by atoms with E-state index in [1.807, 2.05) is 37.3 Å². The molecule has 2 aromatic rings. The first-order valence-electron chi connectivity index (χ1n) is 6.06. The molecule has 0 radical (unpaired) electrons. The summed E-state index contributed by atoms with van der Waals surface area (Å²) < 4.78 is 0.840. The van der Waals surface area contributed by atoms with Crippen molar-refractivity contribution in [2.75, 3.05) is 5.32 Å². The fourth-order valence-corrected chi connectivity index (χ4v) is 2.15. The van der Waals surface area contributed by atoms with E-state index in [0.29, 0.717) is 10.6 Å². The van der Waals surface area contributed by atoms with E-state index in [0.717, 1.165) is 15.9 Å². The Labute approximate surface area is 131 Å². The molecule has 2 aromatic carbocycles. The molecule has 0 fully saturated rings. The minimum absolute atomic E-state index is 0.0289. The van der Waals surface area contributed by atoms with Crippen LogP contribution in [0.25, 0.3) is 0 Å². The van der Waals surface area contributed by atoms with Crippen LogP contribution in [-0.4, -0.2) is 5.78 Å². The van der Waals surface area contributed by atoms with E-state index in [9.17, 15) is 4.79 Å². The highest BCUT2D eigenvalue weighted by molar-refractivity contribution is 9.10. The highest BCUT2D eigenvalue weighted by atomic mass is 79.9. The van der Waals surface area contributed by atoms with Gasteiger partial charge in [-0.2, -0.15) is 0 Å². The van der Waals surface area contributed by atoms with Crippen LogP contribution in [0, 0.1) is 0 Å². The van der Waals surface area contributed by atoms with Crippen molar-refractivity contribution >= 4 is 39.0 Å². The summed E-state index contributed by atoms with van der Waals surface area (Å²) in [5.74, 6) is -0.0289. The lowest BCUT2D eigenvalue weighted by molar-refractivity contribution is 0.104. The maximum absolute atomic E-state index is 12.0. The topological polar surface area (TPSA) is 29.1 Å². The van der Waals surface area contributed by atoms with Gasteiger partial charge in [0.05, 0.1) is 5.02 Å². The van der Waals surface area contributed by atoms with Crippen molar-refractivity contribution in [3.8, 4) is 0 Å². The lowest BCUT2D eigenvalue weighted by Crippen LogP contribution is -2.01. The number of ketones is 1. The van der Waals surface area contributed by atoms with Gasteiger partial charge in [-0.25, -0.2) is 0 Å². The zero-order valence-electron chi connectivity index (χ0n) is 10.9. The van der Waals surface area contributed by atoms with Crippen molar-refractivity contribution in [2.45, 2.75) is 6.92 Å². The molecule has 0 unspecified atom stereocenters. The summed E-state index contributed by atoms with van der Waals surface area (Å²) in [6.45, 7) is 1.84. The van der Waals surface area contributed by atoms with Gasteiger partial charge in [0, 0.05) is 27.5 Å². The van der Waals surface area contributed by atoms with Gasteiger partial charge in [-0.15, -0.1) is 0 Å². The van der Waals surface area contributed by atoms with Gasteiger partial charge < -0.3 is 5.32 Å². The Kier molecular flexibility index (Phi) is 4.99. The third-order valence-electron chi connectivity index (χ3n) is 2.67. The van der Waals surface area contributed by atoms with Crippen LogP contribution in [0.2, 0.25) is 5.02 Å². The molecular formula is C16H13BrClNO. The predicted octanol–water partition coefficient (Wildman–Crippen LogP) is 5.30. The molecule has 0 bridgehead atoms. The van der Waals surface area contributed by atoms with Gasteiger partial charge in [-0.05, 0) is 41.1 Å². The molecule has 0 heterocycles. The van der Waals surface area contributed by atoms with Crippen LogP contribution in [0.1, 0.15) is 17.3 Å². The van der Waals surface area contributed by atoms with Crippen LogP contribution >= 0.6 is 27.5 Å². The Morgan fingerprint density at radius 1 is 1.20 bits per heavy atom. The molecule has 0 saturated heterocycles. The van der Waals surface area contributed by atoms with Crippen LogP contribution in [0.3, 0.4) is 0 Å². The molecule has 0 aliphatic carbocycles. The van der Waals surface area contributed by atoms with Gasteiger partial charge in [-0.3, -0.25) is 4.79 Å². The van der Waals surface area contributed by atoms with Crippen molar-refractivity contribution in [2.24, 2.45) is 0 Å². The molecule has 0 atom stereocenters. The minimum atomic E-state index is -0.0289. The molecule has 2 rings (SSSR count). The number of hydrogen-bond donors (Lipinski definition) is 1. The van der Waals surface area contributed by atoms with E-state index >= 15 is 0 Å². The fourth-order valence-electron chi connectivity index (χ4n) is 1.72. The third-order valence-corrected chi connectivity index (χ3v) is 3.90. The molecule has 0 amide bonds. The van der Waals surface area contributed by atoms with E-state index in [1.165, 1.54) is 0 Å². The molecule has 0 saturated carbocycles. The average Bonchev–Trinajstić information content (AvgIpc) is 2.44. The fraction of sp³-hybridized carbons (Fsp3) is 0.0625. The van der Waals surface area contributed by atoms with E-state index < -0.39 is 0 Å². The Morgan fingerprint density at radius 3 is 2.55 bits per heavy atom. The first-order valence-corrected chi connectivity index (χ1v) is 7.23. The van der Waals surface area contributed by atoms with Crippen molar-refractivity contribution in [1.29, 1.82) is 0 Å². The summed E-state index contributed by atoms with van der Waals surface area (Å²) in [6, 6.07) is 14.7. The maximum atomic E-state index is 12.0. The van der Waals surface area contributed by atoms with Gasteiger partial charge in [0.15, 0.2) is 5.78 Å². The van der Waals surface area contributed by atoms with Crippen LogP contribution < -0.4 is 5.32 Å². The largest absolute Gasteiger partial charge is 0.359 e. The van der Waals surface area contributed by atoms with E-state index in [-0.39, 0.29) is 5.78 Å². The number of carbonyl (C=O) groups is 1. The smallest absolute Gasteiger partial charge is 0.187 e. The summed E-state index contributed by atoms with van der Waals surface area (Å²) in [5.41, 5.74) is 2.27. The standard InChI is InChI=1S/C16H13BrClNO/c1-11(9-16(20)12-5-3-2-4-6-12)19-13-7-8-14(17)15(18)10-13/h2-10,19H,1H3. The van der Waals surface area contributed by atoms with Crippen LogP contribution in [-0.2, 0) is 0 Å². The molecule has 20 heavy (non-hydrogen) atoms. The normalized spacial score (nSPS) is 11.2. The Hall–Kier alpha value is -1.58. The second-order valence-electron chi connectivity index (χ2n) is 4.31.